The molecule has 0 aromatic heterocycles. The topological polar surface area (TPSA) is 64.6 Å². The van der Waals surface area contributed by atoms with Crippen LogP contribution in [0.1, 0.15) is 32.8 Å². The second kappa shape index (κ2) is 6.16. The minimum Gasteiger partial charge on any atom is -0.454 e. The first-order valence-electron chi connectivity index (χ1n) is 7.05. The fourth-order valence-corrected chi connectivity index (χ4v) is 1.89. The molecule has 0 spiro atoms. The number of fused-ring (bicyclic) bond motifs is 1. The fraction of sp³-hybridized carbons (Fsp3) is 0.500. The minimum absolute atomic E-state index is 0.0268. The summed E-state index contributed by atoms with van der Waals surface area (Å²) in [5, 5.41) is 2.67. The van der Waals surface area contributed by atoms with E-state index in [1.807, 2.05) is 39.0 Å². The standard InChI is InChI=1S/C16H21NO4/c1-16(2,3)14(18)9-17-15(19)7-5-11-4-6-12-13(8-11)21-10-20-12/h4,6,8H,5,7,9-10H2,1-3H3,(H,17,19). The zero-order valence-corrected chi connectivity index (χ0v) is 12.7. The van der Waals surface area contributed by atoms with Gasteiger partial charge in [0.15, 0.2) is 17.3 Å². The van der Waals surface area contributed by atoms with Crippen molar-refractivity contribution in [2.24, 2.45) is 5.41 Å². The maximum atomic E-state index is 11.8. The zero-order valence-electron chi connectivity index (χ0n) is 12.7. The van der Waals surface area contributed by atoms with Gasteiger partial charge in [-0.3, -0.25) is 9.59 Å². The van der Waals surface area contributed by atoms with E-state index in [0.717, 1.165) is 17.1 Å². The van der Waals surface area contributed by atoms with E-state index in [0.29, 0.717) is 12.8 Å². The number of carbonyl (C=O) groups is 2. The fourth-order valence-electron chi connectivity index (χ4n) is 1.89. The maximum absolute atomic E-state index is 11.8. The van der Waals surface area contributed by atoms with Crippen molar-refractivity contribution in [1.82, 2.24) is 5.32 Å². The van der Waals surface area contributed by atoms with Gasteiger partial charge in [0.1, 0.15) is 0 Å². The molecule has 1 N–H and O–H groups in total. The lowest BCUT2D eigenvalue weighted by atomic mass is 9.91. The molecule has 1 amide bonds. The molecule has 1 aromatic carbocycles. The summed E-state index contributed by atoms with van der Waals surface area (Å²) >= 11 is 0. The van der Waals surface area contributed by atoms with Crippen molar-refractivity contribution < 1.29 is 19.1 Å². The molecule has 1 aliphatic rings. The Hall–Kier alpha value is -2.04. The molecular formula is C16H21NO4. The first-order chi connectivity index (χ1) is 9.86. The van der Waals surface area contributed by atoms with Gasteiger partial charge in [0, 0.05) is 11.8 Å². The molecule has 0 unspecified atom stereocenters. The van der Waals surface area contributed by atoms with Crippen molar-refractivity contribution in [3.05, 3.63) is 23.8 Å². The van der Waals surface area contributed by atoms with Crippen LogP contribution in [0, 0.1) is 5.41 Å². The van der Waals surface area contributed by atoms with E-state index in [1.165, 1.54) is 0 Å². The van der Waals surface area contributed by atoms with Crippen LogP contribution in [0.5, 0.6) is 11.5 Å². The highest BCUT2D eigenvalue weighted by Gasteiger charge is 2.21. The minimum atomic E-state index is -0.426. The van der Waals surface area contributed by atoms with Gasteiger partial charge in [-0.1, -0.05) is 26.8 Å². The number of aryl methyl sites for hydroxylation is 1. The zero-order chi connectivity index (χ0) is 15.5. The Morgan fingerprint density at radius 3 is 2.62 bits per heavy atom. The van der Waals surface area contributed by atoms with Gasteiger partial charge in [-0.15, -0.1) is 0 Å². The number of rotatable bonds is 5. The Labute approximate surface area is 124 Å². The number of benzene rings is 1. The van der Waals surface area contributed by atoms with Crippen molar-refractivity contribution in [3.8, 4) is 11.5 Å². The Morgan fingerprint density at radius 2 is 1.90 bits per heavy atom. The van der Waals surface area contributed by atoms with Gasteiger partial charge >= 0.3 is 0 Å². The lowest BCUT2D eigenvalue weighted by Gasteiger charge is -2.16. The molecule has 1 heterocycles. The second-order valence-electron chi connectivity index (χ2n) is 6.14. The van der Waals surface area contributed by atoms with Crippen molar-refractivity contribution in [2.45, 2.75) is 33.6 Å². The van der Waals surface area contributed by atoms with E-state index in [-0.39, 0.29) is 25.0 Å². The SMILES string of the molecule is CC(C)(C)C(=O)CNC(=O)CCc1ccc2c(c1)OCO2. The molecule has 0 bridgehead atoms. The predicted molar refractivity (Wildman–Crippen MR) is 78.4 cm³/mol. The average Bonchev–Trinajstić information content (AvgIpc) is 2.88. The third-order valence-electron chi connectivity index (χ3n) is 3.36. The molecule has 0 radical (unpaired) electrons. The number of hydrogen-bond donors (Lipinski definition) is 1. The second-order valence-corrected chi connectivity index (χ2v) is 6.14. The summed E-state index contributed by atoms with van der Waals surface area (Å²) in [5.74, 6) is 1.36. The number of hydrogen-bond acceptors (Lipinski definition) is 4. The van der Waals surface area contributed by atoms with Crippen LogP contribution in [0.3, 0.4) is 0 Å². The molecule has 2 rings (SSSR count). The predicted octanol–water partition coefficient (Wildman–Crippen LogP) is 2.08. The largest absolute Gasteiger partial charge is 0.454 e. The molecule has 114 valence electrons. The molecule has 21 heavy (non-hydrogen) atoms. The van der Waals surface area contributed by atoms with Gasteiger partial charge < -0.3 is 14.8 Å². The molecule has 0 saturated carbocycles. The normalized spacial score (nSPS) is 13.1. The van der Waals surface area contributed by atoms with Crippen LogP contribution >= 0.6 is 0 Å². The lowest BCUT2D eigenvalue weighted by Crippen LogP contribution is -2.35. The number of Topliss-reactive ketones (excluding diaryl/α,β-unsaturated/α-hetero) is 1. The van der Waals surface area contributed by atoms with E-state index in [2.05, 4.69) is 5.32 Å². The summed E-state index contributed by atoms with van der Waals surface area (Å²) in [4.78, 5) is 23.5. The lowest BCUT2D eigenvalue weighted by molar-refractivity contribution is -0.129. The quantitative estimate of drug-likeness (QED) is 0.902. The Bertz CT molecular complexity index is 546. The van der Waals surface area contributed by atoms with Gasteiger partial charge in [-0.25, -0.2) is 0 Å². The third-order valence-corrected chi connectivity index (χ3v) is 3.36. The van der Waals surface area contributed by atoms with Gasteiger partial charge in [0.25, 0.3) is 0 Å². The highest BCUT2D eigenvalue weighted by Crippen LogP contribution is 2.32. The van der Waals surface area contributed by atoms with E-state index < -0.39 is 5.41 Å². The number of ketones is 1. The van der Waals surface area contributed by atoms with Crippen LogP contribution in [0.2, 0.25) is 0 Å². The van der Waals surface area contributed by atoms with E-state index in [9.17, 15) is 9.59 Å². The smallest absolute Gasteiger partial charge is 0.231 e. The molecule has 1 aliphatic heterocycles. The van der Waals surface area contributed by atoms with Crippen molar-refractivity contribution >= 4 is 11.7 Å². The monoisotopic (exact) mass is 291 g/mol. The first-order valence-corrected chi connectivity index (χ1v) is 7.05. The highest BCUT2D eigenvalue weighted by atomic mass is 16.7. The highest BCUT2D eigenvalue weighted by molar-refractivity contribution is 5.89. The molecule has 0 atom stereocenters. The molecule has 0 fully saturated rings. The molecule has 0 saturated heterocycles. The Kier molecular flexibility index (Phi) is 4.50. The summed E-state index contributed by atoms with van der Waals surface area (Å²) in [5.41, 5.74) is 0.585. The molecular weight excluding hydrogens is 270 g/mol. The number of ether oxygens (including phenoxy) is 2. The number of carbonyl (C=O) groups excluding carboxylic acids is 2. The summed E-state index contributed by atoms with van der Waals surface area (Å²) in [7, 11) is 0. The summed E-state index contributed by atoms with van der Waals surface area (Å²) in [6.07, 6.45) is 0.948. The van der Waals surface area contributed by atoms with Crippen LogP contribution in [0.15, 0.2) is 18.2 Å². The summed E-state index contributed by atoms with van der Waals surface area (Å²) in [6.45, 7) is 5.86. The van der Waals surface area contributed by atoms with Crippen LogP contribution in [0.4, 0.5) is 0 Å². The van der Waals surface area contributed by atoms with Crippen molar-refractivity contribution in [1.29, 1.82) is 0 Å². The van der Waals surface area contributed by atoms with E-state index in [1.54, 1.807) is 0 Å². The van der Waals surface area contributed by atoms with E-state index in [4.69, 9.17) is 9.47 Å². The maximum Gasteiger partial charge on any atom is 0.231 e. The van der Waals surface area contributed by atoms with Gasteiger partial charge in [0.2, 0.25) is 12.7 Å². The van der Waals surface area contributed by atoms with Gasteiger partial charge in [-0.2, -0.15) is 0 Å². The summed E-state index contributed by atoms with van der Waals surface area (Å²) in [6, 6.07) is 5.65. The van der Waals surface area contributed by atoms with Crippen LogP contribution in [-0.4, -0.2) is 25.0 Å². The van der Waals surface area contributed by atoms with Gasteiger partial charge in [0.05, 0.1) is 6.54 Å². The molecule has 0 aliphatic carbocycles. The Morgan fingerprint density at radius 1 is 1.19 bits per heavy atom. The Balaban J connectivity index is 1.78. The molecule has 5 nitrogen and oxygen atoms in total. The number of nitrogens with one attached hydrogen (secondary N) is 1. The van der Waals surface area contributed by atoms with Crippen LogP contribution in [0.25, 0.3) is 0 Å². The molecule has 1 aromatic rings. The van der Waals surface area contributed by atoms with Crippen molar-refractivity contribution in [2.75, 3.05) is 13.3 Å². The summed E-state index contributed by atoms with van der Waals surface area (Å²) < 4.78 is 10.5. The third kappa shape index (κ3) is 4.21. The van der Waals surface area contributed by atoms with E-state index >= 15 is 0 Å². The van der Waals surface area contributed by atoms with Crippen molar-refractivity contribution in [3.63, 3.8) is 0 Å². The first kappa shape index (κ1) is 15.4. The average molecular weight is 291 g/mol. The van der Waals surface area contributed by atoms with Crippen LogP contribution in [-0.2, 0) is 16.0 Å². The number of amides is 1. The van der Waals surface area contributed by atoms with Gasteiger partial charge in [-0.05, 0) is 24.1 Å². The molecule has 5 heteroatoms. The van der Waals surface area contributed by atoms with Crippen LogP contribution < -0.4 is 14.8 Å².